The Bertz CT molecular complexity index is 1490. The topological polar surface area (TPSA) is 91.4 Å². The SMILES string of the molecule is CC(C(=O)NCc1ccc(C(F)(F)F)nc1N1CCC(Cc2ccccc2)CC1)c1ccc(CNS(C)(=O)=O)c(F)c1. The first-order chi connectivity index (χ1) is 19.8. The van der Waals surface area contributed by atoms with Gasteiger partial charge in [0.15, 0.2) is 0 Å². The normalized spacial score (nSPS) is 15.4. The molecule has 1 aliphatic rings. The van der Waals surface area contributed by atoms with E-state index in [0.29, 0.717) is 30.1 Å². The van der Waals surface area contributed by atoms with Crippen LogP contribution in [-0.2, 0) is 40.5 Å². The van der Waals surface area contributed by atoms with Crippen LogP contribution >= 0.6 is 0 Å². The van der Waals surface area contributed by atoms with Crippen LogP contribution in [0, 0.1) is 11.7 Å². The number of piperidine rings is 1. The number of anilines is 1. The molecule has 12 heteroatoms. The van der Waals surface area contributed by atoms with Gasteiger partial charge in [0.25, 0.3) is 0 Å². The van der Waals surface area contributed by atoms with Crippen LogP contribution in [0.2, 0.25) is 0 Å². The summed E-state index contributed by atoms with van der Waals surface area (Å²) in [6, 6.07) is 16.5. The Morgan fingerprint density at radius 3 is 2.31 bits per heavy atom. The summed E-state index contributed by atoms with van der Waals surface area (Å²) in [6.07, 6.45) is -1.13. The summed E-state index contributed by atoms with van der Waals surface area (Å²) in [4.78, 5) is 18.8. The van der Waals surface area contributed by atoms with E-state index < -0.39 is 39.5 Å². The first-order valence-corrected chi connectivity index (χ1v) is 15.6. The third kappa shape index (κ3) is 8.51. The van der Waals surface area contributed by atoms with Crippen molar-refractivity contribution in [3.8, 4) is 0 Å². The minimum absolute atomic E-state index is 0.0492. The third-order valence-corrected chi connectivity index (χ3v) is 8.14. The van der Waals surface area contributed by atoms with Crippen molar-refractivity contribution in [1.82, 2.24) is 15.0 Å². The summed E-state index contributed by atoms with van der Waals surface area (Å²) in [6.45, 7) is 2.40. The first kappa shape index (κ1) is 31.4. The third-order valence-electron chi connectivity index (χ3n) is 7.48. The second-order valence-electron chi connectivity index (χ2n) is 10.7. The van der Waals surface area contributed by atoms with Crippen LogP contribution in [0.3, 0.4) is 0 Å². The molecule has 2 N–H and O–H groups in total. The number of nitrogens with zero attached hydrogens (tertiary/aromatic N) is 2. The highest BCUT2D eigenvalue weighted by atomic mass is 32.2. The number of amides is 1. The summed E-state index contributed by atoms with van der Waals surface area (Å²) in [7, 11) is -3.50. The number of benzene rings is 2. The van der Waals surface area contributed by atoms with Crippen molar-refractivity contribution < 1.29 is 30.8 Å². The smallest absolute Gasteiger partial charge is 0.356 e. The predicted molar refractivity (Wildman–Crippen MR) is 153 cm³/mol. The number of hydrogen-bond acceptors (Lipinski definition) is 5. The summed E-state index contributed by atoms with van der Waals surface area (Å²) >= 11 is 0. The molecule has 7 nitrogen and oxygen atoms in total. The lowest BCUT2D eigenvalue weighted by molar-refractivity contribution is -0.141. The molecule has 2 aromatic carbocycles. The van der Waals surface area contributed by atoms with E-state index >= 15 is 0 Å². The monoisotopic (exact) mass is 606 g/mol. The maximum Gasteiger partial charge on any atom is 0.433 e. The fraction of sp³-hybridized carbons (Fsp3) is 0.400. The Hall–Kier alpha value is -3.51. The minimum atomic E-state index is -4.61. The van der Waals surface area contributed by atoms with Gasteiger partial charge in [0.1, 0.15) is 17.3 Å². The Kier molecular flexibility index (Phi) is 9.88. The number of pyridine rings is 1. The maximum absolute atomic E-state index is 14.6. The Morgan fingerprint density at radius 2 is 1.69 bits per heavy atom. The van der Waals surface area contributed by atoms with Crippen molar-refractivity contribution >= 4 is 21.7 Å². The van der Waals surface area contributed by atoms with Crippen LogP contribution in [-0.4, -0.2) is 38.7 Å². The molecule has 0 spiro atoms. The lowest BCUT2D eigenvalue weighted by Gasteiger charge is -2.34. The highest BCUT2D eigenvalue weighted by molar-refractivity contribution is 7.88. The van der Waals surface area contributed by atoms with E-state index in [1.165, 1.54) is 29.8 Å². The molecule has 42 heavy (non-hydrogen) atoms. The molecule has 1 saturated heterocycles. The summed E-state index contributed by atoms with van der Waals surface area (Å²) in [5.41, 5.74) is 1.20. The van der Waals surface area contributed by atoms with E-state index in [-0.39, 0.29) is 24.5 Å². The second-order valence-corrected chi connectivity index (χ2v) is 12.5. The van der Waals surface area contributed by atoms with Gasteiger partial charge >= 0.3 is 6.18 Å². The molecule has 1 aliphatic heterocycles. The molecular weight excluding hydrogens is 572 g/mol. The number of halogens is 4. The van der Waals surface area contributed by atoms with Crippen LogP contribution in [0.15, 0.2) is 60.7 Å². The van der Waals surface area contributed by atoms with Crippen LogP contribution < -0.4 is 14.9 Å². The lowest BCUT2D eigenvalue weighted by Crippen LogP contribution is -2.36. The molecule has 1 fully saturated rings. The van der Waals surface area contributed by atoms with Crippen LogP contribution in [0.5, 0.6) is 0 Å². The predicted octanol–water partition coefficient (Wildman–Crippen LogP) is 5.17. The van der Waals surface area contributed by atoms with E-state index in [1.54, 1.807) is 6.92 Å². The van der Waals surface area contributed by atoms with Crippen molar-refractivity contribution in [3.63, 3.8) is 0 Å². The molecule has 1 aromatic heterocycles. The Morgan fingerprint density at radius 1 is 1.02 bits per heavy atom. The Balaban J connectivity index is 1.43. The molecule has 3 aromatic rings. The first-order valence-electron chi connectivity index (χ1n) is 13.7. The van der Waals surface area contributed by atoms with Gasteiger partial charge in [-0.1, -0.05) is 48.5 Å². The summed E-state index contributed by atoms with van der Waals surface area (Å²) in [5.74, 6) is -1.26. The molecule has 226 valence electrons. The van der Waals surface area contributed by atoms with Crippen LogP contribution in [0.25, 0.3) is 0 Å². The number of alkyl halides is 3. The average Bonchev–Trinajstić information content (AvgIpc) is 2.95. The molecule has 0 radical (unpaired) electrons. The van der Waals surface area contributed by atoms with Gasteiger partial charge in [0, 0.05) is 37.3 Å². The van der Waals surface area contributed by atoms with Gasteiger partial charge < -0.3 is 10.2 Å². The number of rotatable bonds is 10. The van der Waals surface area contributed by atoms with Crippen LogP contribution in [0.4, 0.5) is 23.4 Å². The molecular formula is C30H34F4N4O3S. The zero-order valence-corrected chi connectivity index (χ0v) is 24.2. The molecule has 2 heterocycles. The van der Waals surface area contributed by atoms with E-state index in [0.717, 1.165) is 31.6 Å². The lowest BCUT2D eigenvalue weighted by atomic mass is 9.90. The van der Waals surface area contributed by atoms with E-state index in [2.05, 4.69) is 27.2 Å². The number of nitrogens with one attached hydrogen (secondary N) is 2. The van der Waals surface area contributed by atoms with Crippen LogP contribution in [0.1, 0.15) is 53.6 Å². The second kappa shape index (κ2) is 13.2. The number of sulfonamides is 1. The molecule has 0 saturated carbocycles. The largest absolute Gasteiger partial charge is 0.433 e. The molecule has 0 aliphatic carbocycles. The standard InChI is InChI=1S/C30H34F4N4O3S/c1-20(23-8-9-24(26(31)17-23)19-36-42(2,40)41)29(39)35-18-25-10-11-27(30(32,33)34)37-28(25)38-14-12-22(13-15-38)16-21-6-4-3-5-7-21/h3-11,17,20,22,36H,12-16,18-19H2,1-2H3,(H,35,39). The number of hydrogen-bond donors (Lipinski definition) is 2. The van der Waals surface area contributed by atoms with Gasteiger partial charge in [-0.05, 0) is 55.4 Å². The van der Waals surface area contributed by atoms with Crippen molar-refractivity contribution in [1.29, 1.82) is 0 Å². The van der Waals surface area contributed by atoms with Crippen molar-refractivity contribution in [2.45, 2.75) is 51.4 Å². The van der Waals surface area contributed by atoms with Gasteiger partial charge in [-0.2, -0.15) is 13.2 Å². The van der Waals surface area contributed by atoms with Crippen molar-refractivity contribution in [2.75, 3.05) is 24.2 Å². The molecule has 4 rings (SSSR count). The maximum atomic E-state index is 14.6. The Labute approximate surface area is 243 Å². The fourth-order valence-electron chi connectivity index (χ4n) is 5.02. The average molecular weight is 607 g/mol. The summed E-state index contributed by atoms with van der Waals surface area (Å²) < 4.78 is 80.0. The van der Waals surface area contributed by atoms with Crippen molar-refractivity contribution in [2.24, 2.45) is 5.92 Å². The summed E-state index contributed by atoms with van der Waals surface area (Å²) in [5, 5.41) is 2.75. The van der Waals surface area contributed by atoms with E-state index in [1.807, 2.05) is 23.1 Å². The number of carbonyl (C=O) groups is 1. The van der Waals surface area contributed by atoms with Gasteiger partial charge in [-0.25, -0.2) is 22.5 Å². The van der Waals surface area contributed by atoms with Crippen molar-refractivity contribution in [3.05, 3.63) is 94.4 Å². The fourth-order valence-corrected chi connectivity index (χ4v) is 5.43. The zero-order valence-electron chi connectivity index (χ0n) is 23.4. The minimum Gasteiger partial charge on any atom is -0.356 e. The number of aromatic nitrogens is 1. The van der Waals surface area contributed by atoms with Gasteiger partial charge in [-0.15, -0.1) is 0 Å². The van der Waals surface area contributed by atoms with Gasteiger partial charge in [-0.3, -0.25) is 4.79 Å². The number of carbonyl (C=O) groups excluding carboxylic acids is 1. The highest BCUT2D eigenvalue weighted by Crippen LogP contribution is 2.33. The quantitative estimate of drug-likeness (QED) is 0.311. The van der Waals surface area contributed by atoms with E-state index in [9.17, 15) is 30.8 Å². The van der Waals surface area contributed by atoms with E-state index in [4.69, 9.17) is 0 Å². The molecule has 1 amide bonds. The zero-order chi connectivity index (χ0) is 30.5. The van der Waals surface area contributed by atoms with Gasteiger partial charge in [0.05, 0.1) is 12.2 Å². The van der Waals surface area contributed by atoms with Gasteiger partial charge in [0.2, 0.25) is 15.9 Å². The molecule has 0 bridgehead atoms. The highest BCUT2D eigenvalue weighted by Gasteiger charge is 2.34. The molecule has 1 unspecified atom stereocenters. The molecule has 1 atom stereocenters.